The normalized spacial score (nSPS) is 12.8. The zero-order valence-corrected chi connectivity index (χ0v) is 11.9. The van der Waals surface area contributed by atoms with Gasteiger partial charge in [-0.15, -0.1) is 0 Å². The van der Waals surface area contributed by atoms with Crippen LogP contribution in [0.25, 0.3) is 11.0 Å². The van der Waals surface area contributed by atoms with Crippen LogP contribution in [0.5, 0.6) is 0 Å². The third-order valence-corrected chi connectivity index (χ3v) is 4.02. The molecular formula is C12H13N5Se. The summed E-state index contributed by atoms with van der Waals surface area (Å²) < 4.78 is 10.7. The molecule has 3 rings (SSSR count). The number of nitrogens with zero attached hydrogens (tertiary/aromatic N) is 4. The van der Waals surface area contributed by atoms with Crippen molar-refractivity contribution < 1.29 is 0 Å². The Morgan fingerprint density at radius 2 is 2.22 bits per heavy atom. The first-order chi connectivity index (χ1) is 8.74. The first-order valence-electron chi connectivity index (χ1n) is 5.70. The SMILES string of the molecule is CC(Nc1cccc2n[se]nc12)c1cnn(C)c1. The molecule has 0 amide bonds. The van der Waals surface area contributed by atoms with E-state index in [1.165, 1.54) is 0 Å². The first-order valence-corrected chi connectivity index (χ1v) is 7.23. The van der Waals surface area contributed by atoms with Gasteiger partial charge in [-0.3, -0.25) is 0 Å². The molecule has 0 spiro atoms. The number of benzene rings is 1. The van der Waals surface area contributed by atoms with Crippen molar-refractivity contribution in [3.63, 3.8) is 0 Å². The van der Waals surface area contributed by atoms with E-state index in [2.05, 4.69) is 25.3 Å². The minimum atomic E-state index is 0.0116. The van der Waals surface area contributed by atoms with Gasteiger partial charge in [0.15, 0.2) is 0 Å². The first kappa shape index (κ1) is 11.4. The van der Waals surface area contributed by atoms with Crippen molar-refractivity contribution in [2.75, 3.05) is 5.32 Å². The fraction of sp³-hybridized carbons (Fsp3) is 0.250. The molecule has 1 atom stereocenters. The van der Waals surface area contributed by atoms with E-state index < -0.39 is 0 Å². The van der Waals surface area contributed by atoms with E-state index in [-0.39, 0.29) is 21.0 Å². The average molecular weight is 306 g/mol. The summed E-state index contributed by atoms with van der Waals surface area (Å²) in [5.41, 5.74) is 4.20. The van der Waals surface area contributed by atoms with Gasteiger partial charge in [0, 0.05) is 0 Å². The number of aromatic nitrogens is 4. The van der Waals surface area contributed by atoms with E-state index in [4.69, 9.17) is 0 Å². The molecule has 1 aromatic carbocycles. The molecule has 0 aliphatic rings. The molecule has 0 aliphatic heterocycles. The van der Waals surface area contributed by atoms with Crippen LogP contribution in [-0.2, 0) is 7.05 Å². The summed E-state index contributed by atoms with van der Waals surface area (Å²) in [6, 6.07) is 6.27. The Balaban J connectivity index is 1.90. The second-order valence-electron chi connectivity index (χ2n) is 4.25. The van der Waals surface area contributed by atoms with Gasteiger partial charge < -0.3 is 0 Å². The molecule has 0 saturated carbocycles. The number of fused-ring (bicyclic) bond motifs is 1. The van der Waals surface area contributed by atoms with E-state index in [1.54, 1.807) is 0 Å². The van der Waals surface area contributed by atoms with Crippen LogP contribution >= 0.6 is 0 Å². The number of nitrogens with one attached hydrogen (secondary N) is 1. The van der Waals surface area contributed by atoms with Crippen molar-refractivity contribution >= 4 is 31.7 Å². The Morgan fingerprint density at radius 3 is 3.00 bits per heavy atom. The monoisotopic (exact) mass is 307 g/mol. The van der Waals surface area contributed by atoms with E-state index in [9.17, 15) is 0 Å². The van der Waals surface area contributed by atoms with Crippen LogP contribution in [0.4, 0.5) is 5.69 Å². The van der Waals surface area contributed by atoms with Crippen LogP contribution in [0.2, 0.25) is 0 Å². The minimum absolute atomic E-state index is 0.0116. The predicted octanol–water partition coefficient (Wildman–Crippen LogP) is 1.59. The summed E-state index contributed by atoms with van der Waals surface area (Å²) in [7, 11) is 1.92. The Bertz CT molecular complexity index is 672. The van der Waals surface area contributed by atoms with E-state index in [1.807, 2.05) is 42.3 Å². The van der Waals surface area contributed by atoms with Gasteiger partial charge in [0.2, 0.25) is 0 Å². The van der Waals surface area contributed by atoms with Crippen molar-refractivity contribution in [3.8, 4) is 0 Å². The average Bonchev–Trinajstić information content (AvgIpc) is 2.97. The summed E-state index contributed by atoms with van der Waals surface area (Å²) in [5.74, 6) is 0. The van der Waals surface area contributed by atoms with Crippen LogP contribution < -0.4 is 5.32 Å². The van der Waals surface area contributed by atoms with Crippen LogP contribution in [0, 0.1) is 0 Å². The van der Waals surface area contributed by atoms with Crippen molar-refractivity contribution in [2.45, 2.75) is 13.0 Å². The Labute approximate surface area is 111 Å². The predicted molar refractivity (Wildman–Crippen MR) is 71.7 cm³/mol. The molecule has 1 unspecified atom stereocenters. The Kier molecular flexibility index (Phi) is 2.89. The fourth-order valence-electron chi connectivity index (χ4n) is 1.90. The van der Waals surface area contributed by atoms with Crippen LogP contribution in [0.3, 0.4) is 0 Å². The van der Waals surface area contributed by atoms with E-state index >= 15 is 0 Å². The number of hydrogen-bond donors (Lipinski definition) is 1. The van der Waals surface area contributed by atoms with Gasteiger partial charge in [0.1, 0.15) is 0 Å². The number of anilines is 1. The van der Waals surface area contributed by atoms with Crippen LogP contribution in [-0.4, -0.2) is 32.7 Å². The topological polar surface area (TPSA) is 55.6 Å². The second-order valence-corrected chi connectivity index (χ2v) is 5.36. The third kappa shape index (κ3) is 2.05. The van der Waals surface area contributed by atoms with Gasteiger partial charge in [-0.2, -0.15) is 0 Å². The zero-order valence-electron chi connectivity index (χ0n) is 10.2. The molecule has 2 aromatic heterocycles. The second kappa shape index (κ2) is 4.55. The molecule has 0 radical (unpaired) electrons. The summed E-state index contributed by atoms with van der Waals surface area (Å²) in [6.07, 6.45) is 3.90. The molecule has 0 aliphatic carbocycles. The van der Waals surface area contributed by atoms with Gasteiger partial charge in [-0.25, -0.2) is 0 Å². The van der Waals surface area contributed by atoms with E-state index in [0.717, 1.165) is 22.3 Å². The molecule has 6 heteroatoms. The summed E-state index contributed by atoms with van der Waals surface area (Å²) in [4.78, 5) is 0. The van der Waals surface area contributed by atoms with Crippen molar-refractivity contribution in [1.82, 2.24) is 17.7 Å². The van der Waals surface area contributed by atoms with Gasteiger partial charge in [0.05, 0.1) is 0 Å². The summed E-state index contributed by atoms with van der Waals surface area (Å²) in [5, 5.41) is 7.66. The molecule has 0 saturated heterocycles. The molecule has 0 bridgehead atoms. The summed E-state index contributed by atoms with van der Waals surface area (Å²) >= 11 is 0.0116. The molecule has 2 heterocycles. The maximum atomic E-state index is 4.46. The molecule has 0 fully saturated rings. The summed E-state index contributed by atoms with van der Waals surface area (Å²) in [6.45, 7) is 2.12. The third-order valence-electron chi connectivity index (χ3n) is 2.88. The van der Waals surface area contributed by atoms with Crippen LogP contribution in [0.1, 0.15) is 18.5 Å². The van der Waals surface area contributed by atoms with Crippen molar-refractivity contribution in [1.29, 1.82) is 0 Å². The quantitative estimate of drug-likeness (QED) is 0.747. The van der Waals surface area contributed by atoms with Gasteiger partial charge >= 0.3 is 111 Å². The maximum absolute atomic E-state index is 4.46. The molecule has 3 aromatic rings. The Hall–Kier alpha value is -1.65. The molecule has 5 nitrogen and oxygen atoms in total. The molecule has 18 heavy (non-hydrogen) atoms. The number of rotatable bonds is 3. The standard InChI is InChI=1S/C12H13N5Se/c1-8(9-6-13-17(2)7-9)14-10-4-3-5-11-12(10)16-18-15-11/h3-8,14H,1-2H3. The zero-order chi connectivity index (χ0) is 12.5. The molecule has 92 valence electrons. The van der Waals surface area contributed by atoms with Crippen molar-refractivity contribution in [3.05, 3.63) is 36.2 Å². The number of hydrogen-bond acceptors (Lipinski definition) is 4. The Morgan fingerprint density at radius 1 is 1.33 bits per heavy atom. The van der Waals surface area contributed by atoms with Gasteiger partial charge in [-0.05, 0) is 0 Å². The number of aryl methyl sites for hydroxylation is 1. The van der Waals surface area contributed by atoms with Gasteiger partial charge in [0.25, 0.3) is 0 Å². The molecular weight excluding hydrogens is 293 g/mol. The van der Waals surface area contributed by atoms with Gasteiger partial charge in [-0.1, -0.05) is 0 Å². The van der Waals surface area contributed by atoms with Crippen LogP contribution in [0.15, 0.2) is 30.6 Å². The fourth-order valence-corrected chi connectivity index (χ4v) is 3.06. The molecule has 1 N–H and O–H groups in total. The van der Waals surface area contributed by atoms with E-state index in [0.29, 0.717) is 0 Å². The van der Waals surface area contributed by atoms with Crippen molar-refractivity contribution in [2.24, 2.45) is 7.05 Å².